The molecule has 0 spiro atoms. The zero-order valence-corrected chi connectivity index (χ0v) is 16.7. The summed E-state index contributed by atoms with van der Waals surface area (Å²) in [5.74, 6) is -0.414. The molecule has 0 atom stereocenters. The first-order valence-corrected chi connectivity index (χ1v) is 10.6. The smallest absolute Gasteiger partial charge is 0.268 e. The third kappa shape index (κ3) is 4.37. The second-order valence-corrected chi connectivity index (χ2v) is 8.54. The van der Waals surface area contributed by atoms with Gasteiger partial charge in [0, 0.05) is 29.4 Å². The number of anilines is 1. The lowest BCUT2D eigenvalue weighted by Crippen LogP contribution is -2.29. The quantitative estimate of drug-likeness (QED) is 0.506. The Morgan fingerprint density at radius 2 is 2.14 bits per heavy atom. The average Bonchev–Trinajstić information content (AvgIpc) is 3.35. The number of nitrogens with zero attached hydrogens (tertiary/aromatic N) is 3. The second-order valence-electron chi connectivity index (χ2n) is 6.47. The number of nitrogens with one attached hydrogen (secondary N) is 1. The number of nitriles is 1. The lowest BCUT2D eigenvalue weighted by atomic mass is 10.1. The molecule has 1 amide bonds. The van der Waals surface area contributed by atoms with Gasteiger partial charge < -0.3 is 0 Å². The molecule has 0 fully saturated rings. The van der Waals surface area contributed by atoms with Gasteiger partial charge in [0.25, 0.3) is 5.91 Å². The normalized spacial score (nSPS) is 14.3. The summed E-state index contributed by atoms with van der Waals surface area (Å²) in [7, 11) is 0. The molecule has 0 bridgehead atoms. The van der Waals surface area contributed by atoms with E-state index in [1.165, 1.54) is 33.1 Å². The van der Waals surface area contributed by atoms with Gasteiger partial charge in [-0.2, -0.15) is 5.26 Å². The summed E-state index contributed by atoms with van der Waals surface area (Å²) in [4.78, 5) is 21.5. The Labute approximate surface area is 171 Å². The Kier molecular flexibility index (Phi) is 5.63. The molecule has 1 N–H and O–H groups in total. The number of benzene rings is 1. The van der Waals surface area contributed by atoms with Crippen molar-refractivity contribution in [3.8, 4) is 6.07 Å². The molecule has 1 aliphatic heterocycles. The molecule has 4 rings (SSSR count). The minimum Gasteiger partial charge on any atom is -0.297 e. The predicted octanol–water partition coefficient (Wildman–Crippen LogP) is 4.31. The number of thiophene rings is 1. The Bertz CT molecular complexity index is 1030. The van der Waals surface area contributed by atoms with Crippen molar-refractivity contribution in [2.24, 2.45) is 0 Å². The van der Waals surface area contributed by atoms with Gasteiger partial charge in [0.1, 0.15) is 11.6 Å². The zero-order valence-electron chi connectivity index (χ0n) is 15.1. The molecule has 7 heteroatoms. The molecule has 0 unspecified atom stereocenters. The van der Waals surface area contributed by atoms with Crippen molar-refractivity contribution in [3.05, 3.63) is 74.4 Å². The van der Waals surface area contributed by atoms with Crippen LogP contribution in [0.25, 0.3) is 6.08 Å². The van der Waals surface area contributed by atoms with Crippen molar-refractivity contribution in [3.63, 3.8) is 0 Å². The standard InChI is InChI=1S/C21H18N4OS2/c22-12-16(11-17-7-4-10-27-17)20(26)24-21-23-18-14-25(9-8-19(18)28-21)13-15-5-2-1-3-6-15/h1-7,10-11H,8-9,13-14H2,(H,23,24,26)/b16-11-. The summed E-state index contributed by atoms with van der Waals surface area (Å²) < 4.78 is 0. The summed E-state index contributed by atoms with van der Waals surface area (Å²) in [6.45, 7) is 2.63. The van der Waals surface area contributed by atoms with E-state index in [0.717, 1.165) is 36.6 Å². The highest BCUT2D eigenvalue weighted by Crippen LogP contribution is 2.29. The van der Waals surface area contributed by atoms with E-state index < -0.39 is 5.91 Å². The summed E-state index contributed by atoms with van der Waals surface area (Å²) in [6.07, 6.45) is 2.53. The van der Waals surface area contributed by atoms with Gasteiger partial charge in [-0.1, -0.05) is 36.4 Å². The SMILES string of the molecule is N#C/C(=C/c1cccs1)C(=O)Nc1nc2c(s1)CCN(Cc1ccccc1)C2. The summed E-state index contributed by atoms with van der Waals surface area (Å²) in [5.41, 5.74) is 2.39. The van der Waals surface area contributed by atoms with E-state index in [4.69, 9.17) is 0 Å². The van der Waals surface area contributed by atoms with Crippen LogP contribution < -0.4 is 5.32 Å². The van der Waals surface area contributed by atoms with Crippen molar-refractivity contribution >= 4 is 39.8 Å². The van der Waals surface area contributed by atoms with Gasteiger partial charge in [-0.25, -0.2) is 4.98 Å². The molecule has 5 nitrogen and oxygen atoms in total. The summed E-state index contributed by atoms with van der Waals surface area (Å²) >= 11 is 2.99. The van der Waals surface area contributed by atoms with Gasteiger partial charge in [-0.3, -0.25) is 15.0 Å². The van der Waals surface area contributed by atoms with Gasteiger partial charge in [0.2, 0.25) is 0 Å². The molecule has 1 aromatic carbocycles. The number of thiazole rings is 1. The van der Waals surface area contributed by atoms with Crippen LogP contribution in [-0.2, 0) is 24.3 Å². The number of rotatable bonds is 5. The Balaban J connectivity index is 1.43. The molecular weight excluding hydrogens is 388 g/mol. The Morgan fingerprint density at radius 1 is 1.29 bits per heavy atom. The summed E-state index contributed by atoms with van der Waals surface area (Å²) in [5, 5.41) is 14.6. The first-order valence-electron chi connectivity index (χ1n) is 8.93. The van der Waals surface area contributed by atoms with E-state index in [2.05, 4.69) is 39.5 Å². The molecule has 140 valence electrons. The number of amides is 1. The molecular formula is C21H18N4OS2. The third-order valence-electron chi connectivity index (χ3n) is 4.47. The molecule has 3 heterocycles. The van der Waals surface area contributed by atoms with Crippen LogP contribution in [-0.4, -0.2) is 22.3 Å². The number of aromatic nitrogens is 1. The number of fused-ring (bicyclic) bond motifs is 1. The van der Waals surface area contributed by atoms with E-state index in [-0.39, 0.29) is 5.57 Å². The van der Waals surface area contributed by atoms with E-state index >= 15 is 0 Å². The minimum absolute atomic E-state index is 0.0846. The van der Waals surface area contributed by atoms with E-state index in [9.17, 15) is 10.1 Å². The molecule has 0 saturated heterocycles. The number of carbonyl (C=O) groups is 1. The Hall–Kier alpha value is -2.79. The molecule has 0 saturated carbocycles. The minimum atomic E-state index is -0.414. The van der Waals surface area contributed by atoms with Crippen LogP contribution in [0.4, 0.5) is 5.13 Å². The highest BCUT2D eigenvalue weighted by atomic mass is 32.1. The molecule has 28 heavy (non-hydrogen) atoms. The van der Waals surface area contributed by atoms with E-state index in [1.54, 1.807) is 6.08 Å². The summed E-state index contributed by atoms with van der Waals surface area (Å²) in [6, 6.07) is 16.1. The monoisotopic (exact) mass is 406 g/mol. The van der Waals surface area contributed by atoms with Gasteiger partial charge >= 0.3 is 0 Å². The molecule has 1 aliphatic rings. The van der Waals surface area contributed by atoms with Crippen molar-refractivity contribution in [1.29, 1.82) is 5.26 Å². The number of hydrogen-bond acceptors (Lipinski definition) is 6. The Morgan fingerprint density at radius 3 is 2.89 bits per heavy atom. The predicted molar refractivity (Wildman–Crippen MR) is 113 cm³/mol. The molecule has 2 aromatic heterocycles. The van der Waals surface area contributed by atoms with Crippen molar-refractivity contribution in [2.45, 2.75) is 19.5 Å². The van der Waals surface area contributed by atoms with Crippen LogP contribution in [0.15, 0.2) is 53.4 Å². The average molecular weight is 407 g/mol. The topological polar surface area (TPSA) is 69.0 Å². The molecule has 0 radical (unpaired) electrons. The fourth-order valence-corrected chi connectivity index (χ4v) is 4.72. The van der Waals surface area contributed by atoms with Crippen LogP contribution in [0.1, 0.15) is 21.0 Å². The van der Waals surface area contributed by atoms with E-state index in [0.29, 0.717) is 5.13 Å². The number of carbonyl (C=O) groups excluding carboxylic acids is 1. The van der Waals surface area contributed by atoms with Crippen molar-refractivity contribution in [2.75, 3.05) is 11.9 Å². The first-order chi connectivity index (χ1) is 13.7. The maximum Gasteiger partial charge on any atom is 0.268 e. The highest BCUT2D eigenvalue weighted by molar-refractivity contribution is 7.16. The highest BCUT2D eigenvalue weighted by Gasteiger charge is 2.22. The second kappa shape index (κ2) is 8.48. The van der Waals surface area contributed by atoms with E-state index in [1.807, 2.05) is 29.6 Å². The van der Waals surface area contributed by atoms with Crippen LogP contribution in [0.2, 0.25) is 0 Å². The zero-order chi connectivity index (χ0) is 19.3. The van der Waals surface area contributed by atoms with Crippen LogP contribution in [0, 0.1) is 11.3 Å². The van der Waals surface area contributed by atoms with Gasteiger partial charge in [-0.15, -0.1) is 22.7 Å². The lowest BCUT2D eigenvalue weighted by Gasteiger charge is -2.25. The van der Waals surface area contributed by atoms with Gasteiger partial charge in [-0.05, 0) is 29.5 Å². The van der Waals surface area contributed by atoms with Gasteiger partial charge in [0.05, 0.1) is 5.69 Å². The first kappa shape index (κ1) is 18.6. The van der Waals surface area contributed by atoms with Crippen molar-refractivity contribution < 1.29 is 4.79 Å². The third-order valence-corrected chi connectivity index (χ3v) is 6.36. The maximum atomic E-state index is 12.4. The van der Waals surface area contributed by atoms with Crippen LogP contribution in [0.5, 0.6) is 0 Å². The van der Waals surface area contributed by atoms with Gasteiger partial charge in [0.15, 0.2) is 5.13 Å². The van der Waals surface area contributed by atoms with Crippen molar-refractivity contribution in [1.82, 2.24) is 9.88 Å². The van der Waals surface area contributed by atoms with Crippen LogP contribution >= 0.6 is 22.7 Å². The lowest BCUT2D eigenvalue weighted by molar-refractivity contribution is -0.112. The van der Waals surface area contributed by atoms with Crippen LogP contribution in [0.3, 0.4) is 0 Å². The largest absolute Gasteiger partial charge is 0.297 e. The fourth-order valence-electron chi connectivity index (χ4n) is 3.11. The fraction of sp³-hybridized carbons (Fsp3) is 0.190. The maximum absolute atomic E-state index is 12.4. The number of hydrogen-bond donors (Lipinski definition) is 1. The molecule has 3 aromatic rings. The molecule has 0 aliphatic carbocycles.